The lowest BCUT2D eigenvalue weighted by Gasteiger charge is -2.27. The first-order valence-corrected chi connectivity index (χ1v) is 6.54. The Kier molecular flexibility index (Phi) is 4.36. The zero-order valence-corrected chi connectivity index (χ0v) is 10.4. The van der Waals surface area contributed by atoms with Gasteiger partial charge in [-0.25, -0.2) is 0 Å². The van der Waals surface area contributed by atoms with E-state index in [1.165, 1.54) is 0 Å². The highest BCUT2D eigenvalue weighted by molar-refractivity contribution is 5.82. The van der Waals surface area contributed by atoms with Crippen molar-refractivity contribution in [3.63, 3.8) is 0 Å². The Hall–Kier alpha value is -0.650. The van der Waals surface area contributed by atoms with Crippen LogP contribution in [0.3, 0.4) is 0 Å². The molecule has 0 aromatic rings. The Morgan fingerprint density at radius 1 is 1.47 bits per heavy atom. The lowest BCUT2D eigenvalue weighted by molar-refractivity contribution is -0.133. The monoisotopic (exact) mass is 242 g/mol. The van der Waals surface area contributed by atoms with Crippen LogP contribution in [0.5, 0.6) is 0 Å². The van der Waals surface area contributed by atoms with E-state index in [-0.39, 0.29) is 18.1 Å². The van der Waals surface area contributed by atoms with E-state index in [1.54, 1.807) is 4.90 Å². The van der Waals surface area contributed by atoms with Crippen molar-refractivity contribution in [1.29, 1.82) is 0 Å². The van der Waals surface area contributed by atoms with E-state index >= 15 is 0 Å². The predicted octanol–water partition coefficient (Wildman–Crippen LogP) is -0.263. The van der Waals surface area contributed by atoms with Crippen molar-refractivity contribution >= 4 is 5.91 Å². The molecule has 5 heteroatoms. The standard InChI is InChI=1S/C12H22N2O3/c1-2-17-11-8-14(7-10(11)15)12(16)9-5-3-4-6-13-9/h9-11,13,15H,2-8H2,1H3/t9-,10+,11-/m1/s1. The van der Waals surface area contributed by atoms with Crippen LogP contribution < -0.4 is 5.32 Å². The normalized spacial score (nSPS) is 34.0. The number of nitrogens with zero attached hydrogens (tertiary/aromatic N) is 1. The summed E-state index contributed by atoms with van der Waals surface area (Å²) in [5, 5.41) is 13.0. The second-order valence-corrected chi connectivity index (χ2v) is 4.81. The van der Waals surface area contributed by atoms with E-state index in [9.17, 15) is 9.90 Å². The maximum Gasteiger partial charge on any atom is 0.239 e. The topological polar surface area (TPSA) is 61.8 Å². The molecule has 5 nitrogen and oxygen atoms in total. The molecule has 2 aliphatic rings. The van der Waals surface area contributed by atoms with E-state index in [1.807, 2.05) is 6.92 Å². The Labute approximate surface area is 102 Å². The average molecular weight is 242 g/mol. The van der Waals surface area contributed by atoms with E-state index in [0.29, 0.717) is 19.7 Å². The highest BCUT2D eigenvalue weighted by Gasteiger charge is 2.37. The number of amides is 1. The van der Waals surface area contributed by atoms with Crippen LogP contribution in [0.2, 0.25) is 0 Å². The molecule has 0 bridgehead atoms. The van der Waals surface area contributed by atoms with Gasteiger partial charge in [0.2, 0.25) is 5.91 Å². The molecule has 0 aliphatic carbocycles. The first-order valence-electron chi connectivity index (χ1n) is 6.54. The summed E-state index contributed by atoms with van der Waals surface area (Å²) in [5.74, 6) is 0.117. The van der Waals surface area contributed by atoms with Crippen LogP contribution in [-0.4, -0.2) is 60.4 Å². The van der Waals surface area contributed by atoms with Crippen LogP contribution in [0, 0.1) is 0 Å². The molecule has 0 radical (unpaired) electrons. The molecule has 0 spiro atoms. The molecule has 1 amide bonds. The Morgan fingerprint density at radius 3 is 2.94 bits per heavy atom. The highest BCUT2D eigenvalue weighted by Crippen LogP contribution is 2.17. The Morgan fingerprint density at radius 2 is 2.29 bits per heavy atom. The third-order valence-electron chi connectivity index (χ3n) is 3.54. The summed E-state index contributed by atoms with van der Waals surface area (Å²) in [4.78, 5) is 13.9. The quantitative estimate of drug-likeness (QED) is 0.715. The number of carbonyl (C=O) groups is 1. The van der Waals surface area contributed by atoms with Crippen LogP contribution >= 0.6 is 0 Å². The number of β-amino-alcohol motifs (C(OH)–C–C–N with tert-alkyl or cyclic N) is 1. The SMILES string of the molecule is CCO[C@@H]1CN(C(=O)[C@H]2CCCCN2)C[C@@H]1O. The third kappa shape index (κ3) is 2.97. The smallest absolute Gasteiger partial charge is 0.239 e. The van der Waals surface area contributed by atoms with Crippen LogP contribution in [-0.2, 0) is 9.53 Å². The number of aliphatic hydroxyl groups is 1. The number of hydrogen-bond donors (Lipinski definition) is 2. The van der Waals surface area contributed by atoms with Gasteiger partial charge in [0.15, 0.2) is 0 Å². The zero-order valence-electron chi connectivity index (χ0n) is 10.4. The number of carbonyl (C=O) groups excluding carboxylic acids is 1. The predicted molar refractivity (Wildman–Crippen MR) is 63.6 cm³/mol. The molecule has 98 valence electrons. The van der Waals surface area contributed by atoms with Gasteiger partial charge >= 0.3 is 0 Å². The largest absolute Gasteiger partial charge is 0.388 e. The molecule has 0 aromatic carbocycles. The first-order chi connectivity index (χ1) is 8.22. The molecule has 0 unspecified atom stereocenters. The van der Waals surface area contributed by atoms with Crippen molar-refractivity contribution < 1.29 is 14.6 Å². The fourth-order valence-electron chi connectivity index (χ4n) is 2.60. The summed E-state index contributed by atoms with van der Waals surface area (Å²) in [6, 6.07) is -0.0590. The molecule has 2 aliphatic heterocycles. The van der Waals surface area contributed by atoms with Crippen molar-refractivity contribution in [2.45, 2.75) is 44.4 Å². The van der Waals surface area contributed by atoms with Gasteiger partial charge < -0.3 is 20.1 Å². The van der Waals surface area contributed by atoms with Crippen LogP contribution in [0.4, 0.5) is 0 Å². The first kappa shape index (κ1) is 12.8. The van der Waals surface area contributed by atoms with E-state index in [0.717, 1.165) is 25.8 Å². The maximum atomic E-state index is 12.2. The van der Waals surface area contributed by atoms with Gasteiger partial charge in [0.1, 0.15) is 6.10 Å². The van der Waals surface area contributed by atoms with Crippen LogP contribution in [0.25, 0.3) is 0 Å². The molecular formula is C12H22N2O3. The fraction of sp³-hybridized carbons (Fsp3) is 0.917. The minimum atomic E-state index is -0.539. The number of rotatable bonds is 3. The molecular weight excluding hydrogens is 220 g/mol. The van der Waals surface area contributed by atoms with Gasteiger partial charge in [0.25, 0.3) is 0 Å². The van der Waals surface area contributed by atoms with Crippen molar-refractivity contribution in [2.24, 2.45) is 0 Å². The molecule has 0 saturated carbocycles. The van der Waals surface area contributed by atoms with Gasteiger partial charge in [-0.2, -0.15) is 0 Å². The van der Waals surface area contributed by atoms with Gasteiger partial charge in [-0.15, -0.1) is 0 Å². The van der Waals surface area contributed by atoms with E-state index < -0.39 is 6.10 Å². The Bertz CT molecular complexity index is 266. The average Bonchev–Trinajstić information content (AvgIpc) is 2.72. The minimum absolute atomic E-state index is 0.0590. The number of piperidine rings is 1. The maximum absolute atomic E-state index is 12.2. The highest BCUT2D eigenvalue weighted by atomic mass is 16.5. The van der Waals surface area contributed by atoms with Crippen LogP contribution in [0.15, 0.2) is 0 Å². The van der Waals surface area contributed by atoms with Crippen LogP contribution in [0.1, 0.15) is 26.2 Å². The van der Waals surface area contributed by atoms with Crippen molar-refractivity contribution in [3.8, 4) is 0 Å². The van der Waals surface area contributed by atoms with Crippen molar-refractivity contribution in [1.82, 2.24) is 10.2 Å². The second kappa shape index (κ2) is 5.80. The third-order valence-corrected chi connectivity index (χ3v) is 3.54. The lowest BCUT2D eigenvalue weighted by atomic mass is 10.0. The van der Waals surface area contributed by atoms with Gasteiger partial charge in [0, 0.05) is 19.7 Å². The summed E-state index contributed by atoms with van der Waals surface area (Å²) in [6.07, 6.45) is 2.41. The molecule has 2 rings (SSSR count). The Balaban J connectivity index is 1.88. The summed E-state index contributed by atoms with van der Waals surface area (Å²) >= 11 is 0. The van der Waals surface area contributed by atoms with E-state index in [2.05, 4.69) is 5.32 Å². The molecule has 0 aromatic heterocycles. The van der Waals surface area contributed by atoms with Crippen molar-refractivity contribution in [2.75, 3.05) is 26.2 Å². The molecule has 2 saturated heterocycles. The van der Waals surface area contributed by atoms with Gasteiger partial charge in [-0.1, -0.05) is 6.42 Å². The molecule has 2 heterocycles. The fourth-order valence-corrected chi connectivity index (χ4v) is 2.60. The van der Waals surface area contributed by atoms with E-state index in [4.69, 9.17) is 4.74 Å². The summed E-state index contributed by atoms with van der Waals surface area (Å²) in [5.41, 5.74) is 0. The molecule has 3 atom stereocenters. The minimum Gasteiger partial charge on any atom is -0.388 e. The number of nitrogens with one attached hydrogen (secondary N) is 1. The summed E-state index contributed by atoms with van der Waals surface area (Å²) < 4.78 is 5.42. The van der Waals surface area contributed by atoms with Gasteiger partial charge in [0.05, 0.1) is 12.1 Å². The molecule has 17 heavy (non-hydrogen) atoms. The lowest BCUT2D eigenvalue weighted by Crippen LogP contribution is -2.48. The summed E-state index contributed by atoms with van der Waals surface area (Å²) in [6.45, 7) is 4.32. The number of aliphatic hydroxyl groups excluding tert-OH is 1. The van der Waals surface area contributed by atoms with Gasteiger partial charge in [-0.3, -0.25) is 4.79 Å². The number of ether oxygens (including phenoxy) is 1. The summed E-state index contributed by atoms with van der Waals surface area (Å²) in [7, 11) is 0. The zero-order chi connectivity index (χ0) is 12.3. The second-order valence-electron chi connectivity index (χ2n) is 4.81. The van der Waals surface area contributed by atoms with Gasteiger partial charge in [-0.05, 0) is 26.3 Å². The van der Waals surface area contributed by atoms with Crippen molar-refractivity contribution in [3.05, 3.63) is 0 Å². The molecule has 2 fully saturated rings. The number of hydrogen-bond acceptors (Lipinski definition) is 4. The number of likely N-dealkylation sites (tertiary alicyclic amines) is 1. The molecule has 2 N–H and O–H groups in total.